The average Bonchev–Trinajstić information content (AvgIpc) is 3.18. The monoisotopic (exact) mass is 779 g/mol. The predicted molar refractivity (Wildman–Crippen MR) is 213 cm³/mol. The summed E-state index contributed by atoms with van der Waals surface area (Å²) in [4.78, 5) is 33.0. The Kier molecular flexibility index (Phi) is 11.5. The van der Waals surface area contributed by atoms with Crippen LogP contribution in [0.4, 0.5) is 4.79 Å². The third kappa shape index (κ3) is 8.85. The molecule has 2 aliphatic heterocycles. The standard InChI is InChI=1S/C44H43Cl2N3O6/c1-26(2)54-44(51)49-23-34-22-41-40(53-25-42(55-41)32-10-12-35(13-11-32)52-24-30-7-14-37(45)38(46)19-30)21-33(34)20-39(49)43(50)48-17-15-29-5-8-31(9-6-29)36-16-18-47-28(4)27(36)3/h5-14,16,18-19,21-22,26,39,42H,15,17,20,23-25H2,1-4H3,(H,48,50). The van der Waals surface area contributed by atoms with Crippen LogP contribution in [0.15, 0.2) is 91.1 Å². The minimum Gasteiger partial charge on any atom is -0.489 e. The third-order valence-corrected chi connectivity index (χ3v) is 10.7. The molecule has 11 heteroatoms. The highest BCUT2D eigenvalue weighted by atomic mass is 35.5. The largest absolute Gasteiger partial charge is 0.489 e. The van der Waals surface area contributed by atoms with Crippen molar-refractivity contribution in [2.75, 3.05) is 13.2 Å². The van der Waals surface area contributed by atoms with E-state index in [-0.39, 0.29) is 24.7 Å². The summed E-state index contributed by atoms with van der Waals surface area (Å²) >= 11 is 12.2. The Bertz CT molecular complexity index is 2190. The molecular formula is C44H43Cl2N3O6. The number of carbonyl (C=O) groups excluding carboxylic acids is 2. The van der Waals surface area contributed by atoms with E-state index in [1.54, 1.807) is 26.0 Å². The van der Waals surface area contributed by atoms with Crippen molar-refractivity contribution in [3.05, 3.63) is 140 Å². The number of nitrogens with zero attached hydrogens (tertiary/aromatic N) is 2. The zero-order valence-corrected chi connectivity index (χ0v) is 32.7. The maximum atomic E-state index is 13.7. The van der Waals surface area contributed by atoms with E-state index in [9.17, 15) is 9.59 Å². The maximum Gasteiger partial charge on any atom is 0.411 e. The van der Waals surface area contributed by atoms with Gasteiger partial charge in [0.25, 0.3) is 0 Å². The molecule has 0 bridgehead atoms. The number of halogens is 2. The van der Waals surface area contributed by atoms with Crippen LogP contribution in [0.5, 0.6) is 17.2 Å². The lowest BCUT2D eigenvalue weighted by atomic mass is 9.92. The van der Waals surface area contributed by atoms with Gasteiger partial charge in [-0.2, -0.15) is 0 Å². The fourth-order valence-corrected chi connectivity index (χ4v) is 7.16. The summed E-state index contributed by atoms with van der Waals surface area (Å²) in [5.41, 5.74) is 9.20. The van der Waals surface area contributed by atoms with E-state index in [4.69, 9.17) is 42.1 Å². The number of carbonyl (C=O) groups is 2. The highest BCUT2D eigenvalue weighted by molar-refractivity contribution is 6.42. The number of hydrogen-bond acceptors (Lipinski definition) is 7. The normalized spacial score (nSPS) is 16.0. The molecule has 2 atom stereocenters. The smallest absolute Gasteiger partial charge is 0.411 e. The van der Waals surface area contributed by atoms with E-state index in [1.807, 2.05) is 61.7 Å². The van der Waals surface area contributed by atoms with Gasteiger partial charge in [-0.15, -0.1) is 0 Å². The highest BCUT2D eigenvalue weighted by Crippen LogP contribution is 2.41. The Morgan fingerprint density at radius 3 is 2.40 bits per heavy atom. The number of amides is 2. The number of hydrogen-bond donors (Lipinski definition) is 1. The van der Waals surface area contributed by atoms with Crippen LogP contribution in [0.25, 0.3) is 11.1 Å². The van der Waals surface area contributed by atoms with Gasteiger partial charge in [-0.25, -0.2) is 4.79 Å². The summed E-state index contributed by atoms with van der Waals surface area (Å²) in [6.07, 6.45) is 1.57. The fourth-order valence-electron chi connectivity index (χ4n) is 6.84. The third-order valence-electron chi connectivity index (χ3n) is 10.0. The number of fused-ring (bicyclic) bond motifs is 2. The molecule has 0 radical (unpaired) electrons. The summed E-state index contributed by atoms with van der Waals surface area (Å²) in [6.45, 7) is 8.97. The lowest BCUT2D eigenvalue weighted by molar-refractivity contribution is -0.126. The van der Waals surface area contributed by atoms with Gasteiger partial charge in [0.2, 0.25) is 5.91 Å². The number of ether oxygens (including phenoxy) is 4. The van der Waals surface area contributed by atoms with E-state index < -0.39 is 12.1 Å². The van der Waals surface area contributed by atoms with E-state index in [0.29, 0.717) is 59.9 Å². The van der Waals surface area contributed by atoms with Crippen LogP contribution in [-0.2, 0) is 35.5 Å². The zero-order chi connectivity index (χ0) is 38.6. The van der Waals surface area contributed by atoms with Crippen molar-refractivity contribution in [1.82, 2.24) is 15.2 Å². The van der Waals surface area contributed by atoms with E-state index in [0.717, 1.165) is 50.2 Å². The van der Waals surface area contributed by atoms with Crippen molar-refractivity contribution in [3.8, 4) is 28.4 Å². The Morgan fingerprint density at radius 2 is 1.65 bits per heavy atom. The minimum absolute atomic E-state index is 0.195. The Morgan fingerprint density at radius 1 is 0.909 bits per heavy atom. The summed E-state index contributed by atoms with van der Waals surface area (Å²) < 4.78 is 24.2. The number of aryl methyl sites for hydroxylation is 1. The Labute approximate surface area is 331 Å². The molecule has 0 aliphatic carbocycles. The van der Waals surface area contributed by atoms with Crippen LogP contribution in [0.1, 0.15) is 59.0 Å². The van der Waals surface area contributed by atoms with Gasteiger partial charge in [-0.1, -0.05) is 65.7 Å². The van der Waals surface area contributed by atoms with Crippen molar-refractivity contribution in [2.24, 2.45) is 0 Å². The first kappa shape index (κ1) is 38.0. The van der Waals surface area contributed by atoms with Gasteiger partial charge in [0, 0.05) is 24.9 Å². The molecule has 7 rings (SSSR count). The van der Waals surface area contributed by atoms with Crippen LogP contribution < -0.4 is 19.5 Å². The molecule has 0 fully saturated rings. The van der Waals surface area contributed by atoms with E-state index in [1.165, 1.54) is 4.90 Å². The van der Waals surface area contributed by atoms with Gasteiger partial charge in [-0.3, -0.25) is 14.7 Å². The second-order valence-electron chi connectivity index (χ2n) is 14.2. The molecule has 2 amide bonds. The van der Waals surface area contributed by atoms with Gasteiger partial charge in [0.15, 0.2) is 17.6 Å². The van der Waals surface area contributed by atoms with Crippen molar-refractivity contribution in [1.29, 1.82) is 0 Å². The molecule has 0 spiro atoms. The topological polar surface area (TPSA) is 99.2 Å². The molecule has 9 nitrogen and oxygen atoms in total. The number of benzene rings is 4. The lowest BCUT2D eigenvalue weighted by Crippen LogP contribution is -2.53. The molecule has 55 heavy (non-hydrogen) atoms. The number of pyridine rings is 1. The summed E-state index contributed by atoms with van der Waals surface area (Å²) in [7, 11) is 0. The number of nitrogens with one attached hydrogen (secondary N) is 1. The second kappa shape index (κ2) is 16.6. The minimum atomic E-state index is -0.744. The summed E-state index contributed by atoms with van der Waals surface area (Å²) in [5, 5.41) is 4.06. The molecule has 2 unspecified atom stereocenters. The van der Waals surface area contributed by atoms with Crippen molar-refractivity contribution < 1.29 is 28.5 Å². The van der Waals surface area contributed by atoms with Gasteiger partial charge >= 0.3 is 6.09 Å². The van der Waals surface area contributed by atoms with Gasteiger partial charge in [-0.05, 0) is 121 Å². The molecule has 4 aromatic carbocycles. The lowest BCUT2D eigenvalue weighted by Gasteiger charge is -2.37. The molecule has 1 aromatic heterocycles. The maximum absolute atomic E-state index is 13.7. The van der Waals surface area contributed by atoms with Crippen LogP contribution >= 0.6 is 23.2 Å². The fraction of sp³-hybridized carbons (Fsp3) is 0.295. The van der Waals surface area contributed by atoms with Crippen LogP contribution in [0, 0.1) is 13.8 Å². The SMILES string of the molecule is Cc1nccc(-c2ccc(CCNC(=O)C3Cc4cc5c(cc4CN3C(=O)OC(C)C)OC(c3ccc(OCc4ccc(Cl)c(Cl)c4)cc3)CO5)cc2)c1C. The predicted octanol–water partition coefficient (Wildman–Crippen LogP) is 9.39. The molecular weight excluding hydrogens is 737 g/mol. The van der Waals surface area contributed by atoms with Gasteiger partial charge in [0.1, 0.15) is 25.0 Å². The molecule has 0 saturated heterocycles. The molecule has 3 heterocycles. The number of rotatable bonds is 10. The average molecular weight is 781 g/mol. The van der Waals surface area contributed by atoms with Crippen LogP contribution in [0.3, 0.4) is 0 Å². The molecule has 2 aliphatic rings. The molecule has 0 saturated carbocycles. The van der Waals surface area contributed by atoms with Crippen LogP contribution in [-0.4, -0.2) is 47.2 Å². The Hall–Kier alpha value is -5.25. The van der Waals surface area contributed by atoms with Crippen molar-refractivity contribution in [3.63, 3.8) is 0 Å². The first-order valence-electron chi connectivity index (χ1n) is 18.4. The summed E-state index contributed by atoms with van der Waals surface area (Å²) in [6, 6.07) is 26.6. The van der Waals surface area contributed by atoms with Gasteiger partial charge < -0.3 is 24.3 Å². The summed E-state index contributed by atoms with van der Waals surface area (Å²) in [5.74, 6) is 1.66. The molecule has 284 valence electrons. The van der Waals surface area contributed by atoms with Crippen molar-refractivity contribution >= 4 is 35.2 Å². The van der Waals surface area contributed by atoms with Crippen molar-refractivity contribution in [2.45, 2.75) is 71.9 Å². The Balaban J connectivity index is 0.993. The zero-order valence-electron chi connectivity index (χ0n) is 31.2. The number of aromatic nitrogens is 1. The first-order chi connectivity index (χ1) is 26.5. The van der Waals surface area contributed by atoms with Gasteiger partial charge in [0.05, 0.1) is 22.7 Å². The quantitative estimate of drug-likeness (QED) is 0.151. The van der Waals surface area contributed by atoms with Crippen LogP contribution in [0.2, 0.25) is 10.0 Å². The van der Waals surface area contributed by atoms with E-state index >= 15 is 0 Å². The van der Waals surface area contributed by atoms with E-state index in [2.05, 4.69) is 41.5 Å². The highest BCUT2D eigenvalue weighted by Gasteiger charge is 2.37. The second-order valence-corrected chi connectivity index (χ2v) is 15.0. The molecule has 1 N–H and O–H groups in total. The first-order valence-corrected chi connectivity index (χ1v) is 19.2. The molecule has 5 aromatic rings.